The van der Waals surface area contributed by atoms with Gasteiger partial charge in [0.25, 0.3) is 0 Å². The number of morpholine rings is 1. The van der Waals surface area contributed by atoms with Crippen molar-refractivity contribution in [1.82, 2.24) is 4.90 Å². The van der Waals surface area contributed by atoms with Gasteiger partial charge in [-0.3, -0.25) is 0 Å². The van der Waals surface area contributed by atoms with Crippen LogP contribution in [0.4, 0.5) is 10.5 Å². The number of anilines is 1. The molecule has 4 heteroatoms. The monoisotopic (exact) mass is 304 g/mol. The van der Waals surface area contributed by atoms with Gasteiger partial charge in [-0.1, -0.05) is 39.0 Å². The molecule has 0 saturated carbocycles. The van der Waals surface area contributed by atoms with Gasteiger partial charge in [0.1, 0.15) is 0 Å². The van der Waals surface area contributed by atoms with Gasteiger partial charge in [0.2, 0.25) is 0 Å². The number of carbonyl (C=O) groups is 1. The Balaban J connectivity index is 2.22. The van der Waals surface area contributed by atoms with E-state index in [1.165, 1.54) is 0 Å². The standard InChI is InChI=1S/C18H28N2O2/c1-12-8-7-9-15(18(4,5)6)16(12)19-17(21)20-10-13(2)22-14(3)11-20/h7-9,13-14H,10-11H2,1-6H3,(H,19,21). The van der Waals surface area contributed by atoms with E-state index in [4.69, 9.17) is 4.74 Å². The number of urea groups is 1. The molecule has 1 aromatic carbocycles. The lowest BCUT2D eigenvalue weighted by Gasteiger charge is -2.36. The van der Waals surface area contributed by atoms with Crippen LogP contribution in [0.1, 0.15) is 45.7 Å². The minimum atomic E-state index is -0.0400. The second kappa shape index (κ2) is 6.29. The van der Waals surface area contributed by atoms with Gasteiger partial charge in [-0.25, -0.2) is 4.79 Å². The molecule has 2 rings (SSSR count). The summed E-state index contributed by atoms with van der Waals surface area (Å²) in [6.07, 6.45) is 0.155. The Morgan fingerprint density at radius 3 is 2.36 bits per heavy atom. The zero-order valence-corrected chi connectivity index (χ0v) is 14.6. The van der Waals surface area contributed by atoms with E-state index in [1.807, 2.05) is 37.8 Å². The van der Waals surface area contributed by atoms with Gasteiger partial charge >= 0.3 is 6.03 Å². The van der Waals surface area contributed by atoms with E-state index >= 15 is 0 Å². The van der Waals surface area contributed by atoms with Gasteiger partial charge in [-0.05, 0) is 37.3 Å². The number of nitrogens with zero attached hydrogens (tertiary/aromatic N) is 1. The molecule has 2 amide bonds. The SMILES string of the molecule is Cc1cccc(C(C)(C)C)c1NC(=O)N1CC(C)OC(C)C1. The van der Waals surface area contributed by atoms with Crippen molar-refractivity contribution in [2.75, 3.05) is 18.4 Å². The predicted molar refractivity (Wildman–Crippen MR) is 90.5 cm³/mol. The fourth-order valence-corrected chi connectivity index (χ4v) is 2.99. The Morgan fingerprint density at radius 1 is 1.23 bits per heavy atom. The van der Waals surface area contributed by atoms with Crippen LogP contribution in [-0.4, -0.2) is 36.2 Å². The molecule has 22 heavy (non-hydrogen) atoms. The number of ether oxygens (including phenoxy) is 1. The molecule has 1 aromatic rings. The van der Waals surface area contributed by atoms with Gasteiger partial charge in [-0.2, -0.15) is 0 Å². The highest BCUT2D eigenvalue weighted by Crippen LogP contribution is 2.32. The second-order valence-corrected chi connectivity index (χ2v) is 7.34. The van der Waals surface area contributed by atoms with Crippen molar-refractivity contribution in [3.05, 3.63) is 29.3 Å². The number of rotatable bonds is 1. The van der Waals surface area contributed by atoms with Gasteiger partial charge in [-0.15, -0.1) is 0 Å². The predicted octanol–water partition coefficient (Wildman–Crippen LogP) is 3.93. The summed E-state index contributed by atoms with van der Waals surface area (Å²) in [6, 6.07) is 6.13. The Kier molecular flexibility index (Phi) is 4.81. The normalized spacial score (nSPS) is 22.5. The second-order valence-electron chi connectivity index (χ2n) is 7.34. The summed E-state index contributed by atoms with van der Waals surface area (Å²) in [4.78, 5) is 14.5. The highest BCUT2D eigenvalue weighted by Gasteiger charge is 2.27. The van der Waals surface area contributed by atoms with Crippen molar-refractivity contribution < 1.29 is 9.53 Å². The Hall–Kier alpha value is -1.55. The van der Waals surface area contributed by atoms with E-state index in [0.29, 0.717) is 13.1 Å². The van der Waals surface area contributed by atoms with Crippen molar-refractivity contribution in [3.8, 4) is 0 Å². The Bertz CT molecular complexity index is 539. The molecule has 1 N–H and O–H groups in total. The van der Waals surface area contributed by atoms with Crippen LogP contribution in [0.3, 0.4) is 0 Å². The molecular weight excluding hydrogens is 276 g/mol. The van der Waals surface area contributed by atoms with E-state index in [-0.39, 0.29) is 23.7 Å². The quantitative estimate of drug-likeness (QED) is 0.854. The third-order valence-electron chi connectivity index (χ3n) is 4.02. The summed E-state index contributed by atoms with van der Waals surface area (Å²) in [5, 5.41) is 3.13. The maximum absolute atomic E-state index is 12.6. The summed E-state index contributed by atoms with van der Waals surface area (Å²) in [5.74, 6) is 0. The van der Waals surface area contributed by atoms with Crippen molar-refractivity contribution in [2.24, 2.45) is 0 Å². The van der Waals surface area contributed by atoms with Gasteiger partial charge in [0.15, 0.2) is 0 Å². The Morgan fingerprint density at radius 2 is 1.82 bits per heavy atom. The highest BCUT2D eigenvalue weighted by molar-refractivity contribution is 5.91. The molecular formula is C18H28N2O2. The van der Waals surface area contributed by atoms with Crippen molar-refractivity contribution in [2.45, 2.75) is 59.2 Å². The lowest BCUT2D eigenvalue weighted by molar-refractivity contribution is -0.0530. The molecule has 1 aliphatic heterocycles. The first kappa shape index (κ1) is 16.8. The smallest absolute Gasteiger partial charge is 0.322 e. The van der Waals surface area contributed by atoms with Gasteiger partial charge in [0.05, 0.1) is 12.2 Å². The fraction of sp³-hybridized carbons (Fsp3) is 0.611. The number of para-hydroxylation sites is 1. The van der Waals surface area contributed by atoms with Crippen LogP contribution in [0.5, 0.6) is 0 Å². The maximum Gasteiger partial charge on any atom is 0.322 e. The summed E-state index contributed by atoms with van der Waals surface area (Å²) >= 11 is 0. The van der Waals surface area contributed by atoms with E-state index < -0.39 is 0 Å². The molecule has 0 aliphatic carbocycles. The van der Waals surface area contributed by atoms with Gasteiger partial charge < -0.3 is 15.0 Å². The van der Waals surface area contributed by atoms with Crippen LogP contribution in [0.15, 0.2) is 18.2 Å². The summed E-state index contributed by atoms with van der Waals surface area (Å²) in [6.45, 7) is 13.8. The molecule has 1 heterocycles. The van der Waals surface area contributed by atoms with Crippen LogP contribution in [0.25, 0.3) is 0 Å². The summed E-state index contributed by atoms with van der Waals surface area (Å²) < 4.78 is 5.70. The van der Waals surface area contributed by atoms with Crippen LogP contribution in [0.2, 0.25) is 0 Å². The minimum absolute atomic E-state index is 0.0137. The van der Waals surface area contributed by atoms with Crippen molar-refractivity contribution in [3.63, 3.8) is 0 Å². The molecule has 2 atom stereocenters. The number of nitrogens with one attached hydrogen (secondary N) is 1. The van der Waals surface area contributed by atoms with Crippen LogP contribution < -0.4 is 5.32 Å². The van der Waals surface area contributed by atoms with E-state index in [9.17, 15) is 4.79 Å². The largest absolute Gasteiger partial charge is 0.372 e. The first-order valence-electron chi connectivity index (χ1n) is 8.00. The average molecular weight is 304 g/mol. The third kappa shape index (κ3) is 3.80. The minimum Gasteiger partial charge on any atom is -0.372 e. The molecule has 122 valence electrons. The number of benzene rings is 1. The van der Waals surface area contributed by atoms with Gasteiger partial charge in [0, 0.05) is 18.8 Å². The zero-order chi connectivity index (χ0) is 16.5. The van der Waals surface area contributed by atoms with Crippen LogP contribution in [-0.2, 0) is 10.2 Å². The third-order valence-corrected chi connectivity index (χ3v) is 4.02. The lowest BCUT2D eigenvalue weighted by atomic mass is 9.84. The van der Waals surface area contributed by atoms with E-state index in [0.717, 1.165) is 16.8 Å². The lowest BCUT2D eigenvalue weighted by Crippen LogP contribution is -2.49. The van der Waals surface area contributed by atoms with Crippen LogP contribution >= 0.6 is 0 Å². The van der Waals surface area contributed by atoms with Crippen molar-refractivity contribution in [1.29, 1.82) is 0 Å². The Labute approximate surface area is 133 Å². The molecule has 1 aliphatic rings. The molecule has 0 radical (unpaired) electrons. The molecule has 0 spiro atoms. The summed E-state index contributed by atoms with van der Waals surface area (Å²) in [7, 11) is 0. The average Bonchev–Trinajstić information content (AvgIpc) is 2.38. The van der Waals surface area contributed by atoms with E-state index in [2.05, 4.69) is 32.2 Å². The highest BCUT2D eigenvalue weighted by atomic mass is 16.5. The molecule has 1 saturated heterocycles. The van der Waals surface area contributed by atoms with E-state index in [1.54, 1.807) is 0 Å². The molecule has 4 nitrogen and oxygen atoms in total. The number of hydrogen-bond donors (Lipinski definition) is 1. The molecule has 0 bridgehead atoms. The number of carbonyl (C=O) groups excluding carboxylic acids is 1. The topological polar surface area (TPSA) is 41.6 Å². The number of aryl methyl sites for hydroxylation is 1. The number of hydrogen-bond acceptors (Lipinski definition) is 2. The van der Waals surface area contributed by atoms with Crippen LogP contribution in [0, 0.1) is 6.92 Å². The first-order valence-corrected chi connectivity index (χ1v) is 8.00. The molecule has 1 fully saturated rings. The molecule has 0 aromatic heterocycles. The summed E-state index contributed by atoms with van der Waals surface area (Å²) in [5.41, 5.74) is 3.18. The zero-order valence-electron chi connectivity index (χ0n) is 14.6. The number of amides is 2. The molecule has 2 unspecified atom stereocenters. The first-order chi connectivity index (χ1) is 10.2. The van der Waals surface area contributed by atoms with Crippen molar-refractivity contribution >= 4 is 11.7 Å². The fourth-order valence-electron chi connectivity index (χ4n) is 2.99. The maximum atomic E-state index is 12.6.